The van der Waals surface area contributed by atoms with E-state index in [-0.39, 0.29) is 30.4 Å². The van der Waals surface area contributed by atoms with E-state index >= 15 is 0 Å². The van der Waals surface area contributed by atoms with Gasteiger partial charge in [0, 0.05) is 75.3 Å². The number of carboxylic acids is 1. The number of hydrogen-bond acceptors (Lipinski definition) is 8. The topological polar surface area (TPSA) is 165 Å². The van der Waals surface area contributed by atoms with Crippen molar-refractivity contribution in [1.82, 2.24) is 19.7 Å². The van der Waals surface area contributed by atoms with Gasteiger partial charge in [-0.3, -0.25) is 19.2 Å². The number of H-pyrrole nitrogens is 1. The van der Waals surface area contributed by atoms with E-state index in [4.69, 9.17) is 14.6 Å². The molecule has 0 spiro atoms. The van der Waals surface area contributed by atoms with Gasteiger partial charge in [-0.2, -0.15) is 0 Å². The van der Waals surface area contributed by atoms with Crippen LogP contribution in [0.5, 0.6) is 5.75 Å². The van der Waals surface area contributed by atoms with Gasteiger partial charge in [0.05, 0.1) is 24.3 Å². The lowest BCUT2D eigenvalue weighted by Crippen LogP contribution is -2.36. The molecule has 1 aliphatic carbocycles. The van der Waals surface area contributed by atoms with Crippen LogP contribution in [0.3, 0.4) is 0 Å². The van der Waals surface area contributed by atoms with Crippen LogP contribution in [0, 0.1) is 5.92 Å². The normalized spacial score (nSPS) is 16.1. The predicted molar refractivity (Wildman–Crippen MR) is 235 cm³/mol. The number of nitrogens with zero attached hydrogens (tertiary/aromatic N) is 4. The molecular formula is C44H59ClN6O8. The molecule has 1 aliphatic heterocycles. The molecule has 0 saturated heterocycles. The minimum absolute atomic E-state index is 0.0992. The van der Waals surface area contributed by atoms with Gasteiger partial charge in [-0.1, -0.05) is 50.3 Å². The summed E-state index contributed by atoms with van der Waals surface area (Å²) in [5.74, 6) is -0.833. The fourth-order valence-corrected chi connectivity index (χ4v) is 6.71. The fraction of sp³-hybridized carbons (Fsp3) is 0.432. The highest BCUT2D eigenvalue weighted by Crippen LogP contribution is 2.41. The van der Waals surface area contributed by atoms with Crippen molar-refractivity contribution < 1.29 is 38.6 Å². The second-order valence-electron chi connectivity index (χ2n) is 14.2. The Morgan fingerprint density at radius 3 is 2.34 bits per heavy atom. The van der Waals surface area contributed by atoms with E-state index in [1.54, 1.807) is 49.2 Å². The first-order valence-corrected chi connectivity index (χ1v) is 20.5. The van der Waals surface area contributed by atoms with Gasteiger partial charge in [0.2, 0.25) is 12.3 Å². The molecule has 2 atom stereocenters. The number of aliphatic carboxylic acids is 1. The molecule has 14 nitrogen and oxygen atoms in total. The van der Waals surface area contributed by atoms with Crippen LogP contribution in [0.4, 0.5) is 16.2 Å². The molecule has 320 valence electrons. The molecular weight excluding hydrogens is 776 g/mol. The molecule has 1 aromatic heterocycles. The Kier molecular flexibility index (Phi) is 19.4. The van der Waals surface area contributed by atoms with Crippen LogP contribution in [0.2, 0.25) is 0 Å². The van der Waals surface area contributed by atoms with Gasteiger partial charge in [0.1, 0.15) is 11.4 Å². The Bertz CT molecular complexity index is 2070. The molecule has 3 aromatic carbocycles. The van der Waals surface area contributed by atoms with Crippen LogP contribution in [-0.2, 0) is 25.5 Å². The number of aromatic amines is 1. The number of aromatic nitrogens is 1. The number of halogens is 1. The quantitative estimate of drug-likeness (QED) is 0.0802. The summed E-state index contributed by atoms with van der Waals surface area (Å²) in [6, 6.07) is 16.7. The average molecular weight is 835 g/mol. The largest absolute Gasteiger partial charge is 0.481 e. The molecule has 0 fully saturated rings. The number of hydrogen-bond donors (Lipinski definition) is 3. The lowest BCUT2D eigenvalue weighted by atomic mass is 9.93. The molecule has 59 heavy (non-hydrogen) atoms. The SMILES string of the molecule is CC.CCl.CN(C)CC(=O)Nc1ccc2[nH]c(C(=O)N3CCc4c3cc(OC(=O)N(C)CCN(C)C=O)c3ccccc43)cc2c1.COC1/C=C/CCC(C(=O)O)CC1. The summed E-state index contributed by atoms with van der Waals surface area (Å²) < 4.78 is 11.0. The Morgan fingerprint density at radius 1 is 0.966 bits per heavy atom. The fourth-order valence-electron chi connectivity index (χ4n) is 6.71. The van der Waals surface area contributed by atoms with Crippen molar-refractivity contribution in [3.05, 3.63) is 78.0 Å². The van der Waals surface area contributed by atoms with Crippen LogP contribution >= 0.6 is 11.6 Å². The number of ether oxygens (including phenoxy) is 2. The third kappa shape index (κ3) is 13.3. The highest BCUT2D eigenvalue weighted by atomic mass is 35.5. The van der Waals surface area contributed by atoms with Crippen molar-refractivity contribution in [2.45, 2.75) is 52.1 Å². The van der Waals surface area contributed by atoms with E-state index in [1.807, 2.05) is 76.5 Å². The molecule has 2 unspecified atom stereocenters. The van der Waals surface area contributed by atoms with Crippen molar-refractivity contribution in [3.63, 3.8) is 0 Å². The number of rotatable bonds is 11. The van der Waals surface area contributed by atoms with Crippen molar-refractivity contribution in [1.29, 1.82) is 0 Å². The minimum Gasteiger partial charge on any atom is -0.481 e. The second-order valence-corrected chi connectivity index (χ2v) is 14.2. The summed E-state index contributed by atoms with van der Waals surface area (Å²) in [6.07, 6.45) is 9.55. The molecule has 6 rings (SSSR count). The second kappa shape index (κ2) is 23.8. The highest BCUT2D eigenvalue weighted by molar-refractivity contribution is 6.15. The van der Waals surface area contributed by atoms with E-state index in [2.05, 4.69) is 21.9 Å². The molecule has 15 heteroatoms. The number of allylic oxidation sites excluding steroid dienone is 1. The number of fused-ring (bicyclic) bond motifs is 4. The summed E-state index contributed by atoms with van der Waals surface area (Å²) in [6.45, 7) is 5.43. The first-order chi connectivity index (χ1) is 28.4. The maximum Gasteiger partial charge on any atom is 0.415 e. The van der Waals surface area contributed by atoms with Gasteiger partial charge in [0.15, 0.2) is 0 Å². The third-order valence-corrected chi connectivity index (χ3v) is 9.77. The summed E-state index contributed by atoms with van der Waals surface area (Å²) in [5.41, 5.74) is 3.56. The number of alkyl halides is 1. The summed E-state index contributed by atoms with van der Waals surface area (Å²) in [7, 11) is 8.57. The number of carbonyl (C=O) groups excluding carboxylic acids is 4. The van der Waals surface area contributed by atoms with Crippen molar-refractivity contribution in [2.24, 2.45) is 5.92 Å². The smallest absolute Gasteiger partial charge is 0.415 e. The number of likely N-dealkylation sites (N-methyl/N-ethyl adjacent to an activating group) is 3. The number of anilines is 2. The average Bonchev–Trinajstić information content (AvgIpc) is 3.85. The standard InChI is InChI=1S/C31H34N6O5.C10H16O3.C2H6.CH3Cl/c1-34(2)18-29(39)32-21-9-10-25-20(15-21)16-26(33-25)30(40)37-12-11-23-22-7-5-6-8-24(22)28(17-27(23)37)42-31(41)36(4)14-13-35(3)19-38;1-13-9-5-3-2-4-8(6-7-9)10(11)12;2*1-2/h5-10,15-17,19,33H,11-14,18H2,1-4H3,(H,32,39);3,5,8-9H,2,4,6-7H2,1H3,(H,11,12);1-2H3;1H3/b;5-3+;;. The van der Waals surface area contributed by atoms with E-state index < -0.39 is 12.1 Å². The van der Waals surface area contributed by atoms with Crippen LogP contribution in [0.25, 0.3) is 21.7 Å². The van der Waals surface area contributed by atoms with E-state index in [9.17, 15) is 24.0 Å². The number of benzene rings is 3. The van der Waals surface area contributed by atoms with Crippen LogP contribution in [0.15, 0.2) is 66.7 Å². The predicted octanol–water partition coefficient (Wildman–Crippen LogP) is 7.26. The first kappa shape index (κ1) is 47.9. The summed E-state index contributed by atoms with van der Waals surface area (Å²) in [5, 5.41) is 14.2. The zero-order chi connectivity index (χ0) is 43.6. The Hall–Kier alpha value is -5.44. The monoisotopic (exact) mass is 834 g/mol. The van der Waals surface area contributed by atoms with Gasteiger partial charge < -0.3 is 44.5 Å². The molecule has 3 N–H and O–H groups in total. The van der Waals surface area contributed by atoms with Gasteiger partial charge in [-0.15, -0.1) is 11.6 Å². The van der Waals surface area contributed by atoms with E-state index in [0.29, 0.717) is 55.3 Å². The molecule has 0 bridgehead atoms. The molecule has 2 aliphatic rings. The number of carboxylic acid groups (broad SMARTS) is 1. The molecule has 2 heterocycles. The lowest BCUT2D eigenvalue weighted by Gasteiger charge is -2.21. The third-order valence-electron chi connectivity index (χ3n) is 9.77. The molecule has 0 saturated carbocycles. The van der Waals surface area contributed by atoms with E-state index in [0.717, 1.165) is 52.9 Å². The first-order valence-electron chi connectivity index (χ1n) is 19.7. The summed E-state index contributed by atoms with van der Waals surface area (Å²) >= 11 is 4.64. The maximum atomic E-state index is 13.8. The van der Waals surface area contributed by atoms with Crippen LogP contribution < -0.4 is 15.0 Å². The zero-order valence-electron chi connectivity index (χ0n) is 35.4. The van der Waals surface area contributed by atoms with Crippen LogP contribution in [-0.4, -0.2) is 129 Å². The van der Waals surface area contributed by atoms with Gasteiger partial charge in [0.25, 0.3) is 5.91 Å². The Balaban J connectivity index is 0.000000461. The molecule has 4 amide bonds. The minimum atomic E-state index is -0.676. The highest BCUT2D eigenvalue weighted by Gasteiger charge is 2.30. The number of amides is 4. The van der Waals surface area contributed by atoms with Crippen LogP contribution in [0.1, 0.15) is 55.6 Å². The maximum absolute atomic E-state index is 13.8. The lowest BCUT2D eigenvalue weighted by molar-refractivity contribution is -0.142. The van der Waals surface area contributed by atoms with E-state index in [1.165, 1.54) is 16.2 Å². The zero-order valence-corrected chi connectivity index (χ0v) is 36.2. The number of carbonyl (C=O) groups is 5. The van der Waals surface area contributed by atoms with Gasteiger partial charge in [-0.25, -0.2) is 4.79 Å². The Labute approximate surface area is 352 Å². The van der Waals surface area contributed by atoms with Gasteiger partial charge >= 0.3 is 12.1 Å². The summed E-state index contributed by atoms with van der Waals surface area (Å²) in [4.78, 5) is 70.1. The number of methoxy groups -OCH3 is 1. The van der Waals surface area contributed by atoms with Gasteiger partial charge in [-0.05, 0) is 81.4 Å². The van der Waals surface area contributed by atoms with Crippen molar-refractivity contribution in [3.8, 4) is 5.75 Å². The molecule has 4 aromatic rings. The van der Waals surface area contributed by atoms with Crippen molar-refractivity contribution in [2.75, 3.05) is 78.1 Å². The number of nitrogens with one attached hydrogen (secondary N) is 2. The molecule has 0 radical (unpaired) electrons. The Morgan fingerprint density at radius 2 is 1.68 bits per heavy atom. The van der Waals surface area contributed by atoms with Crippen molar-refractivity contribution >= 4 is 74.9 Å².